The van der Waals surface area contributed by atoms with Crippen molar-refractivity contribution in [1.82, 2.24) is 25.5 Å². The second-order valence-electron chi connectivity index (χ2n) is 8.93. The number of H-pyrrole nitrogens is 2. The van der Waals surface area contributed by atoms with Crippen LogP contribution in [0.5, 0.6) is 0 Å². The molecule has 0 saturated carbocycles. The zero-order chi connectivity index (χ0) is 24.5. The lowest BCUT2D eigenvalue weighted by atomic mass is 10.1. The van der Waals surface area contributed by atoms with Gasteiger partial charge in [0.2, 0.25) is 11.8 Å². The molecule has 0 unspecified atom stereocenters. The van der Waals surface area contributed by atoms with E-state index in [1.807, 2.05) is 35.4 Å². The van der Waals surface area contributed by atoms with Crippen molar-refractivity contribution >= 4 is 33.6 Å². The fraction of sp³-hybridized carbons (Fsp3) is 0.357. The van der Waals surface area contributed by atoms with E-state index in [-0.39, 0.29) is 11.8 Å². The number of carbonyl (C=O) groups is 2. The first-order valence-corrected chi connectivity index (χ1v) is 12.4. The third-order valence-electron chi connectivity index (χ3n) is 6.47. The predicted octanol–water partition coefficient (Wildman–Crippen LogP) is 3.77. The molecule has 0 atom stereocenters. The maximum Gasteiger partial charge on any atom is 0.220 e. The van der Waals surface area contributed by atoms with Crippen LogP contribution in [0.4, 0.5) is 0 Å². The molecule has 2 aromatic carbocycles. The first-order chi connectivity index (χ1) is 17.1. The number of amides is 2. The molecule has 184 valence electrons. The average molecular weight is 474 g/mol. The molecule has 0 bridgehead atoms. The van der Waals surface area contributed by atoms with Gasteiger partial charge in [-0.3, -0.25) is 9.59 Å². The van der Waals surface area contributed by atoms with Gasteiger partial charge in [0, 0.05) is 80.3 Å². The number of aromatic nitrogens is 2. The number of nitrogens with one attached hydrogen (secondary N) is 4. The maximum absolute atomic E-state index is 12.2. The Morgan fingerprint density at radius 2 is 1.43 bits per heavy atom. The van der Waals surface area contributed by atoms with Gasteiger partial charge in [0.25, 0.3) is 0 Å². The summed E-state index contributed by atoms with van der Waals surface area (Å²) in [6, 6.07) is 16.4. The van der Waals surface area contributed by atoms with E-state index in [1.54, 1.807) is 6.92 Å². The number of hydrogen-bond acceptors (Lipinski definition) is 3. The van der Waals surface area contributed by atoms with Crippen molar-refractivity contribution in [1.29, 1.82) is 0 Å². The van der Waals surface area contributed by atoms with Gasteiger partial charge >= 0.3 is 0 Å². The summed E-state index contributed by atoms with van der Waals surface area (Å²) in [6.07, 6.45) is 7.10. The molecule has 0 spiro atoms. The van der Waals surface area contributed by atoms with Crippen LogP contribution in [0.25, 0.3) is 21.8 Å². The van der Waals surface area contributed by atoms with Crippen LogP contribution in [0.1, 0.15) is 30.9 Å². The Labute approximate surface area is 206 Å². The van der Waals surface area contributed by atoms with Gasteiger partial charge in [-0.25, -0.2) is 0 Å². The van der Waals surface area contributed by atoms with E-state index in [2.05, 4.69) is 51.1 Å². The molecule has 7 heteroatoms. The van der Waals surface area contributed by atoms with Gasteiger partial charge in [-0.15, -0.1) is 0 Å². The lowest BCUT2D eigenvalue weighted by molar-refractivity contribution is -0.128. The Balaban J connectivity index is 1.09. The largest absolute Gasteiger partial charge is 0.361 e. The zero-order valence-corrected chi connectivity index (χ0v) is 20.4. The summed E-state index contributed by atoms with van der Waals surface area (Å²) in [6.45, 7) is 4.99. The molecule has 0 aliphatic heterocycles. The quantitative estimate of drug-likeness (QED) is 0.223. The number of fused-ring (bicyclic) bond motifs is 2. The third-order valence-corrected chi connectivity index (χ3v) is 6.47. The smallest absolute Gasteiger partial charge is 0.220 e. The van der Waals surface area contributed by atoms with E-state index in [4.69, 9.17) is 0 Å². The van der Waals surface area contributed by atoms with Crippen LogP contribution in [0, 0.1) is 0 Å². The highest BCUT2D eigenvalue weighted by molar-refractivity contribution is 5.84. The summed E-state index contributed by atoms with van der Waals surface area (Å²) in [5, 5.41) is 8.74. The minimum absolute atomic E-state index is 0.0553. The monoisotopic (exact) mass is 473 g/mol. The Hall–Kier alpha value is -3.58. The number of aromatic amines is 2. The molecule has 4 aromatic rings. The van der Waals surface area contributed by atoms with Gasteiger partial charge in [-0.2, -0.15) is 0 Å². The lowest BCUT2D eigenvalue weighted by Crippen LogP contribution is -2.38. The molecule has 0 aliphatic carbocycles. The molecule has 4 N–H and O–H groups in total. The van der Waals surface area contributed by atoms with Crippen molar-refractivity contribution in [3.8, 4) is 0 Å². The van der Waals surface area contributed by atoms with Gasteiger partial charge in [0.05, 0.1) is 0 Å². The summed E-state index contributed by atoms with van der Waals surface area (Å²) >= 11 is 0. The molecular weight excluding hydrogens is 438 g/mol. The fourth-order valence-corrected chi connectivity index (χ4v) is 4.53. The van der Waals surface area contributed by atoms with Gasteiger partial charge < -0.3 is 25.5 Å². The molecule has 4 rings (SSSR count). The van der Waals surface area contributed by atoms with Crippen LogP contribution in [0.3, 0.4) is 0 Å². The number of hydrogen-bond donors (Lipinski definition) is 4. The maximum atomic E-state index is 12.2. The molecule has 2 amide bonds. The standard InChI is InChI=1S/C28H35N5O2/c1-21(34)33(17-6-7-22-19-31-26-10-4-2-8-24(22)26)18-16-29-14-15-30-28(35)13-12-23-20-32-27-11-5-3-9-25(23)27/h2-5,8-11,19-20,29,31-32H,6-7,12-18H2,1H3,(H,30,35). The first-order valence-electron chi connectivity index (χ1n) is 12.4. The van der Waals surface area contributed by atoms with E-state index in [0.29, 0.717) is 32.6 Å². The third kappa shape index (κ3) is 6.73. The lowest BCUT2D eigenvalue weighted by Gasteiger charge is -2.21. The Kier molecular flexibility index (Phi) is 8.57. The number of para-hydroxylation sites is 2. The Morgan fingerprint density at radius 3 is 2.09 bits per heavy atom. The van der Waals surface area contributed by atoms with E-state index in [1.165, 1.54) is 21.9 Å². The fourth-order valence-electron chi connectivity index (χ4n) is 4.53. The van der Waals surface area contributed by atoms with Crippen molar-refractivity contribution in [3.05, 3.63) is 72.1 Å². The SMILES string of the molecule is CC(=O)N(CCCc1c[nH]c2ccccc12)CCNCCNC(=O)CCc1c[nH]c2ccccc12. The number of benzene rings is 2. The summed E-state index contributed by atoms with van der Waals surface area (Å²) in [5.41, 5.74) is 4.72. The van der Waals surface area contributed by atoms with E-state index in [0.717, 1.165) is 36.8 Å². The minimum atomic E-state index is 0.0553. The predicted molar refractivity (Wildman–Crippen MR) is 141 cm³/mol. The van der Waals surface area contributed by atoms with Crippen molar-refractivity contribution in [3.63, 3.8) is 0 Å². The van der Waals surface area contributed by atoms with E-state index < -0.39 is 0 Å². The molecule has 0 aliphatic rings. The molecule has 2 heterocycles. The Bertz CT molecular complexity index is 1260. The minimum Gasteiger partial charge on any atom is -0.361 e. The molecule has 7 nitrogen and oxygen atoms in total. The van der Waals surface area contributed by atoms with Gasteiger partial charge in [0.15, 0.2) is 0 Å². The van der Waals surface area contributed by atoms with Crippen LogP contribution in [0.15, 0.2) is 60.9 Å². The van der Waals surface area contributed by atoms with Gasteiger partial charge in [-0.1, -0.05) is 36.4 Å². The highest BCUT2D eigenvalue weighted by atomic mass is 16.2. The van der Waals surface area contributed by atoms with Crippen LogP contribution in [-0.4, -0.2) is 59.4 Å². The summed E-state index contributed by atoms with van der Waals surface area (Å²) in [7, 11) is 0. The van der Waals surface area contributed by atoms with Crippen molar-refractivity contribution < 1.29 is 9.59 Å². The summed E-state index contributed by atoms with van der Waals surface area (Å²) < 4.78 is 0. The van der Waals surface area contributed by atoms with Crippen molar-refractivity contribution in [2.45, 2.75) is 32.6 Å². The summed E-state index contributed by atoms with van der Waals surface area (Å²) in [4.78, 5) is 32.7. The number of carbonyl (C=O) groups excluding carboxylic acids is 2. The van der Waals surface area contributed by atoms with E-state index >= 15 is 0 Å². The van der Waals surface area contributed by atoms with Crippen LogP contribution >= 0.6 is 0 Å². The first kappa shape index (κ1) is 24.5. The van der Waals surface area contributed by atoms with Gasteiger partial charge in [0.1, 0.15) is 0 Å². The molecular formula is C28H35N5O2. The number of rotatable bonds is 13. The van der Waals surface area contributed by atoms with Crippen molar-refractivity contribution in [2.24, 2.45) is 0 Å². The molecule has 0 radical (unpaired) electrons. The second-order valence-corrected chi connectivity index (χ2v) is 8.93. The summed E-state index contributed by atoms with van der Waals surface area (Å²) in [5.74, 6) is 0.149. The van der Waals surface area contributed by atoms with Crippen LogP contribution < -0.4 is 10.6 Å². The van der Waals surface area contributed by atoms with Crippen molar-refractivity contribution in [2.75, 3.05) is 32.7 Å². The van der Waals surface area contributed by atoms with Gasteiger partial charge in [-0.05, 0) is 42.5 Å². The zero-order valence-electron chi connectivity index (χ0n) is 20.4. The topological polar surface area (TPSA) is 93.0 Å². The second kappa shape index (κ2) is 12.2. The molecule has 0 saturated heterocycles. The Morgan fingerprint density at radius 1 is 0.800 bits per heavy atom. The van der Waals surface area contributed by atoms with Crippen LogP contribution in [0.2, 0.25) is 0 Å². The normalized spacial score (nSPS) is 11.2. The average Bonchev–Trinajstić information content (AvgIpc) is 3.47. The van der Waals surface area contributed by atoms with Crippen LogP contribution in [-0.2, 0) is 22.4 Å². The number of nitrogens with zero attached hydrogens (tertiary/aromatic N) is 1. The molecule has 0 fully saturated rings. The molecule has 2 aromatic heterocycles. The number of aryl methyl sites for hydroxylation is 2. The highest BCUT2D eigenvalue weighted by Gasteiger charge is 2.10. The van der Waals surface area contributed by atoms with E-state index in [9.17, 15) is 9.59 Å². The molecule has 35 heavy (non-hydrogen) atoms. The highest BCUT2D eigenvalue weighted by Crippen LogP contribution is 2.20.